The van der Waals surface area contributed by atoms with Crippen LogP contribution in [0.4, 0.5) is 0 Å². The van der Waals surface area contributed by atoms with Crippen molar-refractivity contribution in [1.82, 2.24) is 15.5 Å². The van der Waals surface area contributed by atoms with Crippen LogP contribution in [-0.4, -0.2) is 56.1 Å². The van der Waals surface area contributed by atoms with E-state index in [2.05, 4.69) is 51.7 Å². The van der Waals surface area contributed by atoms with Gasteiger partial charge in [0.25, 0.3) is 0 Å². The Morgan fingerprint density at radius 2 is 1.87 bits per heavy atom. The molecule has 3 rings (SSSR count). The monoisotopic (exact) mass is 536 g/mol. The van der Waals surface area contributed by atoms with Crippen molar-refractivity contribution in [1.29, 1.82) is 0 Å². The smallest absolute Gasteiger partial charge is 0.241 e. The van der Waals surface area contributed by atoms with Crippen LogP contribution in [0.15, 0.2) is 59.6 Å². The molecule has 1 aliphatic rings. The average molecular weight is 536 g/mol. The third kappa shape index (κ3) is 7.81. The van der Waals surface area contributed by atoms with Crippen molar-refractivity contribution in [3.05, 3.63) is 71.3 Å². The Kier molecular flexibility index (Phi) is 10.8. The van der Waals surface area contributed by atoms with Gasteiger partial charge in [0.2, 0.25) is 5.91 Å². The highest BCUT2D eigenvalue weighted by Gasteiger charge is 2.25. The maximum Gasteiger partial charge on any atom is 0.241 e. The van der Waals surface area contributed by atoms with Crippen molar-refractivity contribution in [2.45, 2.75) is 26.4 Å². The van der Waals surface area contributed by atoms with E-state index in [1.54, 1.807) is 0 Å². The number of rotatable bonds is 7. The summed E-state index contributed by atoms with van der Waals surface area (Å²) in [5.74, 6) is 0.697. The quantitative estimate of drug-likeness (QED) is 0.324. The molecule has 31 heavy (non-hydrogen) atoms. The molecule has 0 aromatic heterocycles. The third-order valence-electron chi connectivity index (χ3n) is 5.19. The first-order chi connectivity index (χ1) is 14.7. The number of aliphatic imine (C=N–C) groups is 1. The van der Waals surface area contributed by atoms with E-state index in [1.165, 1.54) is 16.7 Å². The van der Waals surface area contributed by atoms with E-state index < -0.39 is 0 Å². The van der Waals surface area contributed by atoms with Gasteiger partial charge in [0.15, 0.2) is 5.96 Å². The molecule has 1 atom stereocenters. The Balaban J connectivity index is 0.00000341. The molecular weight excluding hydrogens is 503 g/mol. The molecule has 0 aliphatic carbocycles. The van der Waals surface area contributed by atoms with Gasteiger partial charge in [-0.05, 0) is 37.0 Å². The molecule has 7 heteroatoms. The van der Waals surface area contributed by atoms with Crippen molar-refractivity contribution in [3.8, 4) is 0 Å². The van der Waals surface area contributed by atoms with Crippen LogP contribution in [0, 0.1) is 6.92 Å². The van der Waals surface area contributed by atoms with Crippen molar-refractivity contribution >= 4 is 35.8 Å². The molecule has 0 saturated carbocycles. The fourth-order valence-electron chi connectivity index (χ4n) is 3.60. The second-order valence-corrected chi connectivity index (χ2v) is 7.42. The molecule has 6 nitrogen and oxygen atoms in total. The average Bonchev–Trinajstić information content (AvgIpc) is 2.78. The van der Waals surface area contributed by atoms with E-state index in [-0.39, 0.29) is 42.5 Å². The van der Waals surface area contributed by atoms with Crippen molar-refractivity contribution in [2.24, 2.45) is 4.99 Å². The normalized spacial score (nSPS) is 16.4. The zero-order valence-corrected chi connectivity index (χ0v) is 20.7. The molecule has 0 spiro atoms. The van der Waals surface area contributed by atoms with E-state index in [0.717, 1.165) is 25.5 Å². The number of halogens is 1. The Morgan fingerprint density at radius 1 is 1.13 bits per heavy atom. The summed E-state index contributed by atoms with van der Waals surface area (Å²) in [6, 6.07) is 18.5. The summed E-state index contributed by atoms with van der Waals surface area (Å²) in [6.07, 6.45) is 0.821. The lowest BCUT2D eigenvalue weighted by atomic mass is 10.0. The Hall–Kier alpha value is -2.13. The standard InChI is InChI=1S/C24H32N4O2.HI/c1-3-25-24(27-17-23(29)26-14-13-20-10-5-4-6-11-20)28-15-16-30-22(18-28)21-12-8-7-9-19(21)2;/h4-12,22H,3,13-18H2,1-2H3,(H,25,27)(H,26,29);1H. The Bertz CT molecular complexity index is 844. The highest BCUT2D eigenvalue weighted by atomic mass is 127. The molecule has 2 aromatic rings. The van der Waals surface area contributed by atoms with Crippen LogP contribution in [-0.2, 0) is 16.0 Å². The molecule has 1 saturated heterocycles. The molecule has 2 aromatic carbocycles. The van der Waals surface area contributed by atoms with Crippen molar-refractivity contribution in [3.63, 3.8) is 0 Å². The number of morpholine rings is 1. The van der Waals surface area contributed by atoms with Gasteiger partial charge in [-0.3, -0.25) is 4.79 Å². The zero-order valence-electron chi connectivity index (χ0n) is 18.3. The Labute approximate surface area is 202 Å². The number of hydrogen-bond donors (Lipinski definition) is 2. The largest absolute Gasteiger partial charge is 0.370 e. The second kappa shape index (κ2) is 13.3. The van der Waals surface area contributed by atoms with E-state index >= 15 is 0 Å². The fourth-order valence-corrected chi connectivity index (χ4v) is 3.60. The third-order valence-corrected chi connectivity index (χ3v) is 5.19. The molecule has 0 radical (unpaired) electrons. The first kappa shape index (κ1) is 25.1. The second-order valence-electron chi connectivity index (χ2n) is 7.42. The minimum atomic E-state index is -0.0648. The highest BCUT2D eigenvalue weighted by Crippen LogP contribution is 2.24. The first-order valence-corrected chi connectivity index (χ1v) is 10.7. The van der Waals surface area contributed by atoms with Crippen molar-refractivity contribution in [2.75, 3.05) is 39.3 Å². The number of hydrogen-bond acceptors (Lipinski definition) is 3. The highest BCUT2D eigenvalue weighted by molar-refractivity contribution is 14.0. The first-order valence-electron chi connectivity index (χ1n) is 10.7. The number of nitrogens with zero attached hydrogens (tertiary/aromatic N) is 2. The number of carbonyl (C=O) groups excluding carboxylic acids is 1. The lowest BCUT2D eigenvalue weighted by Gasteiger charge is -2.35. The SMILES string of the molecule is CCNC(=NCC(=O)NCCc1ccccc1)N1CCOC(c2ccccc2C)C1.I. The zero-order chi connectivity index (χ0) is 21.2. The summed E-state index contributed by atoms with van der Waals surface area (Å²) in [5.41, 5.74) is 3.64. The summed E-state index contributed by atoms with van der Waals surface area (Å²) in [5, 5.41) is 6.27. The lowest BCUT2D eigenvalue weighted by Crippen LogP contribution is -2.48. The van der Waals surface area contributed by atoms with E-state index in [4.69, 9.17) is 4.74 Å². The minimum absolute atomic E-state index is 0. The van der Waals surface area contributed by atoms with Gasteiger partial charge < -0.3 is 20.3 Å². The van der Waals surface area contributed by atoms with Gasteiger partial charge >= 0.3 is 0 Å². The summed E-state index contributed by atoms with van der Waals surface area (Å²) in [7, 11) is 0. The van der Waals surface area contributed by atoms with Gasteiger partial charge in [0.1, 0.15) is 12.6 Å². The van der Waals surface area contributed by atoms with Gasteiger partial charge in [0, 0.05) is 19.6 Å². The molecule has 1 fully saturated rings. The number of benzene rings is 2. The van der Waals surface area contributed by atoms with Gasteiger partial charge in [-0.1, -0.05) is 54.6 Å². The lowest BCUT2D eigenvalue weighted by molar-refractivity contribution is -0.119. The van der Waals surface area contributed by atoms with Gasteiger partial charge in [-0.2, -0.15) is 0 Å². The summed E-state index contributed by atoms with van der Waals surface area (Å²) < 4.78 is 6.02. The minimum Gasteiger partial charge on any atom is -0.370 e. The van der Waals surface area contributed by atoms with Gasteiger partial charge in [0.05, 0.1) is 13.2 Å². The number of nitrogens with one attached hydrogen (secondary N) is 2. The summed E-state index contributed by atoms with van der Waals surface area (Å²) >= 11 is 0. The van der Waals surface area contributed by atoms with Crippen LogP contribution in [0.5, 0.6) is 0 Å². The predicted octanol–water partition coefficient (Wildman–Crippen LogP) is 3.31. The van der Waals surface area contributed by atoms with Crippen LogP contribution >= 0.6 is 24.0 Å². The van der Waals surface area contributed by atoms with Gasteiger partial charge in [-0.15, -0.1) is 24.0 Å². The molecule has 1 unspecified atom stereocenters. The van der Waals surface area contributed by atoms with Crippen LogP contribution in [0.3, 0.4) is 0 Å². The Morgan fingerprint density at radius 3 is 2.61 bits per heavy atom. The summed E-state index contributed by atoms with van der Waals surface area (Å²) in [6.45, 7) is 7.72. The van der Waals surface area contributed by atoms with Crippen LogP contribution < -0.4 is 10.6 Å². The van der Waals surface area contributed by atoms with Crippen LogP contribution in [0.25, 0.3) is 0 Å². The van der Waals surface area contributed by atoms with E-state index in [1.807, 2.05) is 37.3 Å². The van der Waals surface area contributed by atoms with Gasteiger partial charge in [-0.25, -0.2) is 4.99 Å². The number of amides is 1. The van der Waals surface area contributed by atoms with Crippen LogP contribution in [0.2, 0.25) is 0 Å². The maximum absolute atomic E-state index is 12.3. The molecule has 0 bridgehead atoms. The number of aryl methyl sites for hydroxylation is 1. The maximum atomic E-state index is 12.3. The molecule has 168 valence electrons. The van der Waals surface area contributed by atoms with E-state index in [0.29, 0.717) is 19.7 Å². The summed E-state index contributed by atoms with van der Waals surface area (Å²) in [4.78, 5) is 19.0. The molecule has 1 heterocycles. The fraction of sp³-hybridized carbons (Fsp3) is 0.417. The topological polar surface area (TPSA) is 66.0 Å². The number of carbonyl (C=O) groups is 1. The molecule has 2 N–H and O–H groups in total. The van der Waals surface area contributed by atoms with Crippen molar-refractivity contribution < 1.29 is 9.53 Å². The number of ether oxygens (including phenoxy) is 1. The number of guanidine groups is 1. The predicted molar refractivity (Wildman–Crippen MR) is 136 cm³/mol. The molecule has 1 aliphatic heterocycles. The van der Waals surface area contributed by atoms with Crippen LogP contribution in [0.1, 0.15) is 29.7 Å². The molecule has 1 amide bonds. The van der Waals surface area contributed by atoms with E-state index in [9.17, 15) is 4.79 Å². The molecular formula is C24H33IN4O2.